The average molecular weight is 482 g/mol. The van der Waals surface area contributed by atoms with Crippen LogP contribution in [0.3, 0.4) is 0 Å². The summed E-state index contributed by atoms with van der Waals surface area (Å²) in [6.07, 6.45) is 1.99. The second-order valence-corrected chi connectivity index (χ2v) is 9.14. The zero-order valence-corrected chi connectivity index (χ0v) is 20.2. The molecule has 0 unspecified atom stereocenters. The Labute approximate surface area is 204 Å². The number of fused-ring (bicyclic) bond motifs is 2. The number of methoxy groups -OCH3 is 2. The molecule has 0 aromatic heterocycles. The number of carbonyl (C=O) groups excluding carboxylic acids is 2. The third kappa shape index (κ3) is 5.00. The van der Waals surface area contributed by atoms with Crippen LogP contribution in [0.15, 0.2) is 30.3 Å². The number of anilines is 1. The van der Waals surface area contributed by atoms with Crippen molar-refractivity contribution in [1.82, 2.24) is 9.80 Å². The maximum atomic E-state index is 13.2. The van der Waals surface area contributed by atoms with Gasteiger partial charge in [-0.05, 0) is 54.8 Å². The van der Waals surface area contributed by atoms with Gasteiger partial charge in [0.15, 0.2) is 23.0 Å². The van der Waals surface area contributed by atoms with Crippen LogP contribution in [0.2, 0.25) is 0 Å². The summed E-state index contributed by atoms with van der Waals surface area (Å²) in [6, 6.07) is 9.36. The third-order valence-corrected chi connectivity index (χ3v) is 6.96. The Morgan fingerprint density at radius 3 is 2.60 bits per heavy atom. The standard InChI is InChI=1S/C26H31N3O6/c1-32-22-11-17-6-10-29(15-19(17)12-23(22)33-2)26(31)18-5-8-28(14-18)9-7-25(30)27-20-3-4-21-24(13-20)35-16-34-21/h3-4,11-13,18H,5-10,14-16H2,1-2H3,(H,27,30)/t18-/m1/s1. The molecule has 2 amide bonds. The zero-order valence-electron chi connectivity index (χ0n) is 20.2. The predicted octanol–water partition coefficient (Wildman–Crippen LogP) is 2.67. The number of nitrogens with zero attached hydrogens (tertiary/aromatic N) is 2. The summed E-state index contributed by atoms with van der Waals surface area (Å²) in [5.74, 6) is 2.84. The first kappa shape index (κ1) is 23.3. The Bertz CT molecular complexity index is 1120. The van der Waals surface area contributed by atoms with E-state index in [0.29, 0.717) is 55.5 Å². The van der Waals surface area contributed by atoms with Crippen LogP contribution in [-0.2, 0) is 22.6 Å². The van der Waals surface area contributed by atoms with Crippen molar-refractivity contribution in [2.75, 3.05) is 52.5 Å². The van der Waals surface area contributed by atoms with Crippen LogP contribution >= 0.6 is 0 Å². The second kappa shape index (κ2) is 10.0. The summed E-state index contributed by atoms with van der Waals surface area (Å²) in [6.45, 7) is 3.63. The van der Waals surface area contributed by atoms with Gasteiger partial charge in [0.25, 0.3) is 0 Å². The van der Waals surface area contributed by atoms with Crippen LogP contribution in [0.5, 0.6) is 23.0 Å². The third-order valence-electron chi connectivity index (χ3n) is 6.96. The molecule has 1 atom stereocenters. The molecule has 0 radical (unpaired) electrons. The highest BCUT2D eigenvalue weighted by atomic mass is 16.7. The smallest absolute Gasteiger partial charge is 0.231 e. The van der Waals surface area contributed by atoms with Gasteiger partial charge in [-0.1, -0.05) is 0 Å². The maximum Gasteiger partial charge on any atom is 0.231 e. The van der Waals surface area contributed by atoms with Crippen LogP contribution in [-0.4, -0.2) is 68.8 Å². The minimum Gasteiger partial charge on any atom is -0.493 e. The Hall–Kier alpha value is -3.46. The number of hydrogen-bond acceptors (Lipinski definition) is 7. The Morgan fingerprint density at radius 1 is 1.03 bits per heavy atom. The van der Waals surface area contributed by atoms with Gasteiger partial charge in [0.05, 0.1) is 20.1 Å². The minimum atomic E-state index is -0.0596. The lowest BCUT2D eigenvalue weighted by Crippen LogP contribution is -2.40. The van der Waals surface area contributed by atoms with Crippen LogP contribution in [0.1, 0.15) is 24.0 Å². The molecule has 3 heterocycles. The molecule has 0 saturated carbocycles. The van der Waals surface area contributed by atoms with E-state index in [4.69, 9.17) is 18.9 Å². The number of likely N-dealkylation sites (tertiary alicyclic amines) is 1. The summed E-state index contributed by atoms with van der Waals surface area (Å²) in [5, 5.41) is 2.91. The van der Waals surface area contributed by atoms with Crippen molar-refractivity contribution < 1.29 is 28.5 Å². The van der Waals surface area contributed by atoms with E-state index in [-0.39, 0.29) is 24.5 Å². The molecule has 186 valence electrons. The topological polar surface area (TPSA) is 89.6 Å². The summed E-state index contributed by atoms with van der Waals surface area (Å²) in [7, 11) is 3.26. The van der Waals surface area contributed by atoms with E-state index in [1.807, 2.05) is 17.0 Å². The SMILES string of the molecule is COc1cc2c(cc1OC)CN(C(=O)[C@@H]1CCN(CCC(=O)Nc3ccc4c(c3)OCO4)C1)CC2. The van der Waals surface area contributed by atoms with Gasteiger partial charge in [-0.2, -0.15) is 0 Å². The molecule has 1 fully saturated rings. The number of hydrogen-bond donors (Lipinski definition) is 1. The average Bonchev–Trinajstić information content (AvgIpc) is 3.55. The second-order valence-electron chi connectivity index (χ2n) is 9.14. The first-order valence-corrected chi connectivity index (χ1v) is 12.0. The lowest BCUT2D eigenvalue weighted by Gasteiger charge is -2.31. The molecule has 0 bridgehead atoms. The van der Waals surface area contributed by atoms with Crippen molar-refractivity contribution in [3.05, 3.63) is 41.5 Å². The van der Waals surface area contributed by atoms with E-state index in [1.165, 1.54) is 5.56 Å². The first-order chi connectivity index (χ1) is 17.0. The van der Waals surface area contributed by atoms with E-state index in [2.05, 4.69) is 10.2 Å². The highest BCUT2D eigenvalue weighted by molar-refractivity contribution is 5.91. The van der Waals surface area contributed by atoms with Crippen molar-refractivity contribution in [1.29, 1.82) is 0 Å². The highest BCUT2D eigenvalue weighted by Crippen LogP contribution is 2.35. The molecular weight excluding hydrogens is 450 g/mol. The molecule has 3 aliphatic heterocycles. The molecular formula is C26H31N3O6. The molecule has 0 aliphatic carbocycles. The molecule has 9 heteroatoms. The van der Waals surface area contributed by atoms with E-state index >= 15 is 0 Å². The largest absolute Gasteiger partial charge is 0.493 e. The number of nitrogens with one attached hydrogen (secondary N) is 1. The van der Waals surface area contributed by atoms with Crippen molar-refractivity contribution in [3.63, 3.8) is 0 Å². The van der Waals surface area contributed by atoms with Gasteiger partial charge < -0.3 is 34.1 Å². The summed E-state index contributed by atoms with van der Waals surface area (Å²) >= 11 is 0. The van der Waals surface area contributed by atoms with Crippen molar-refractivity contribution in [3.8, 4) is 23.0 Å². The molecule has 5 rings (SSSR count). The van der Waals surface area contributed by atoms with Gasteiger partial charge in [-0.3, -0.25) is 9.59 Å². The van der Waals surface area contributed by atoms with Crippen molar-refractivity contribution in [2.45, 2.75) is 25.8 Å². The van der Waals surface area contributed by atoms with Crippen LogP contribution in [0.25, 0.3) is 0 Å². The summed E-state index contributed by atoms with van der Waals surface area (Å²) in [5.41, 5.74) is 3.00. The predicted molar refractivity (Wildman–Crippen MR) is 129 cm³/mol. The van der Waals surface area contributed by atoms with Gasteiger partial charge in [0.2, 0.25) is 18.6 Å². The fraction of sp³-hybridized carbons (Fsp3) is 0.462. The molecule has 1 saturated heterocycles. The quantitative estimate of drug-likeness (QED) is 0.650. The van der Waals surface area contributed by atoms with Crippen molar-refractivity contribution >= 4 is 17.5 Å². The molecule has 2 aromatic rings. The summed E-state index contributed by atoms with van der Waals surface area (Å²) in [4.78, 5) is 29.8. The number of amides is 2. The molecule has 9 nitrogen and oxygen atoms in total. The fourth-order valence-corrected chi connectivity index (χ4v) is 5.02. The van der Waals surface area contributed by atoms with Crippen LogP contribution in [0.4, 0.5) is 5.69 Å². The molecule has 1 N–H and O–H groups in total. The number of rotatable bonds is 7. The van der Waals surface area contributed by atoms with E-state index in [1.54, 1.807) is 32.4 Å². The Balaban J connectivity index is 1.11. The Morgan fingerprint density at radius 2 is 1.80 bits per heavy atom. The number of ether oxygens (including phenoxy) is 4. The highest BCUT2D eigenvalue weighted by Gasteiger charge is 2.33. The van der Waals surface area contributed by atoms with Gasteiger partial charge in [0.1, 0.15) is 0 Å². The molecule has 0 spiro atoms. The number of carbonyl (C=O) groups is 2. The van der Waals surface area contributed by atoms with Gasteiger partial charge in [-0.15, -0.1) is 0 Å². The van der Waals surface area contributed by atoms with Crippen molar-refractivity contribution in [2.24, 2.45) is 5.92 Å². The van der Waals surface area contributed by atoms with Crippen LogP contribution in [0, 0.1) is 5.92 Å². The van der Waals surface area contributed by atoms with E-state index < -0.39 is 0 Å². The lowest BCUT2D eigenvalue weighted by atomic mass is 9.97. The molecule has 35 heavy (non-hydrogen) atoms. The Kier molecular flexibility index (Phi) is 6.68. The zero-order chi connectivity index (χ0) is 24.4. The van der Waals surface area contributed by atoms with E-state index in [0.717, 1.165) is 30.7 Å². The number of benzene rings is 2. The lowest BCUT2D eigenvalue weighted by molar-refractivity contribution is -0.136. The normalized spacial score (nSPS) is 18.8. The fourth-order valence-electron chi connectivity index (χ4n) is 5.02. The van der Waals surface area contributed by atoms with Crippen LogP contribution < -0.4 is 24.3 Å². The maximum absolute atomic E-state index is 13.2. The summed E-state index contributed by atoms with van der Waals surface area (Å²) < 4.78 is 21.5. The van der Waals surface area contributed by atoms with Gasteiger partial charge >= 0.3 is 0 Å². The molecule has 3 aliphatic rings. The van der Waals surface area contributed by atoms with Gasteiger partial charge in [0, 0.05) is 44.4 Å². The minimum absolute atomic E-state index is 0.0337. The first-order valence-electron chi connectivity index (χ1n) is 12.0. The monoisotopic (exact) mass is 481 g/mol. The van der Waals surface area contributed by atoms with Gasteiger partial charge in [-0.25, -0.2) is 0 Å². The van der Waals surface area contributed by atoms with E-state index in [9.17, 15) is 9.59 Å². The molecule has 2 aromatic carbocycles.